The molecule has 0 atom stereocenters. The third-order valence-electron chi connectivity index (χ3n) is 3.16. The highest BCUT2D eigenvalue weighted by Gasteiger charge is 2.15. The molecule has 1 aromatic heterocycles. The molecule has 1 amide bonds. The topological polar surface area (TPSA) is 63.2 Å². The molecule has 2 rings (SSSR count). The molecule has 1 heterocycles. The summed E-state index contributed by atoms with van der Waals surface area (Å²) in [5.74, 6) is 0.828. The Morgan fingerprint density at radius 3 is 2.70 bits per heavy atom. The zero-order valence-electron chi connectivity index (χ0n) is 12.9. The molecule has 0 unspecified atom stereocenters. The number of carbonyl (C=O) groups is 1. The molecule has 0 spiro atoms. The summed E-state index contributed by atoms with van der Waals surface area (Å²) in [6.45, 7) is 3.80. The number of anilines is 1. The smallest absolute Gasteiger partial charge is 0.261 e. The van der Waals surface area contributed by atoms with Crippen LogP contribution in [0.15, 0.2) is 30.5 Å². The van der Waals surface area contributed by atoms with Crippen LogP contribution in [0.1, 0.15) is 21.5 Å². The third-order valence-corrected chi connectivity index (χ3v) is 3.96. The van der Waals surface area contributed by atoms with Gasteiger partial charge >= 0.3 is 0 Å². The zero-order chi connectivity index (χ0) is 17.0. The molecule has 0 aliphatic heterocycles. The molecule has 0 fully saturated rings. The number of hydrogen-bond donors (Lipinski definition) is 2. The number of methoxy groups -OCH3 is 1. The lowest BCUT2D eigenvalue weighted by atomic mass is 10.1. The number of para-hydroxylation sites is 1. The maximum Gasteiger partial charge on any atom is 0.261 e. The van der Waals surface area contributed by atoms with Gasteiger partial charge < -0.3 is 10.1 Å². The van der Waals surface area contributed by atoms with Crippen LogP contribution in [0.2, 0.25) is 0 Å². The predicted octanol–water partition coefficient (Wildman–Crippen LogP) is 3.44. The quantitative estimate of drug-likeness (QED) is 0.565. The summed E-state index contributed by atoms with van der Waals surface area (Å²) < 4.78 is 6.32. The second-order valence-electron chi connectivity index (χ2n) is 4.88. The van der Waals surface area contributed by atoms with E-state index >= 15 is 0 Å². The first-order chi connectivity index (χ1) is 10.9. The van der Waals surface area contributed by atoms with E-state index in [-0.39, 0.29) is 11.0 Å². The maximum atomic E-state index is 12.4. The van der Waals surface area contributed by atoms with Crippen molar-refractivity contribution in [1.82, 2.24) is 10.3 Å². The SMILES string of the molecule is COc1c(C)cccc1C(=O)NC(=S)Nc1ncc(I)cc1C. The van der Waals surface area contributed by atoms with E-state index < -0.39 is 0 Å². The van der Waals surface area contributed by atoms with Gasteiger partial charge in [-0.1, -0.05) is 12.1 Å². The van der Waals surface area contributed by atoms with E-state index in [1.807, 2.05) is 26.0 Å². The standard InChI is InChI=1S/C16H16IN3O2S/c1-9-5-4-6-12(13(9)22-3)15(21)20-16(23)19-14-10(2)7-11(17)8-18-14/h4-8H,1-3H3,(H2,18,19,20,21,23). The predicted molar refractivity (Wildman–Crippen MR) is 103 cm³/mol. The van der Waals surface area contributed by atoms with Crippen LogP contribution < -0.4 is 15.4 Å². The van der Waals surface area contributed by atoms with Crippen LogP contribution in [0.3, 0.4) is 0 Å². The lowest BCUT2D eigenvalue weighted by Gasteiger charge is -2.13. The van der Waals surface area contributed by atoms with Crippen LogP contribution >= 0.6 is 34.8 Å². The molecule has 2 N–H and O–H groups in total. The summed E-state index contributed by atoms with van der Waals surface area (Å²) in [6.07, 6.45) is 1.73. The Balaban J connectivity index is 2.11. The minimum absolute atomic E-state index is 0.190. The zero-order valence-corrected chi connectivity index (χ0v) is 15.9. The number of ether oxygens (including phenoxy) is 1. The third kappa shape index (κ3) is 4.38. The van der Waals surface area contributed by atoms with E-state index in [4.69, 9.17) is 17.0 Å². The van der Waals surface area contributed by atoms with Crippen molar-refractivity contribution >= 4 is 51.6 Å². The molecule has 0 saturated carbocycles. The summed E-state index contributed by atoms with van der Waals surface area (Å²) >= 11 is 7.38. The fourth-order valence-corrected chi connectivity index (χ4v) is 2.88. The number of thiocarbonyl (C=S) groups is 1. The molecule has 2 aromatic rings. The molecule has 7 heteroatoms. The van der Waals surface area contributed by atoms with Crippen LogP contribution in [-0.4, -0.2) is 23.1 Å². The number of amides is 1. The molecule has 5 nitrogen and oxygen atoms in total. The first-order valence-electron chi connectivity index (χ1n) is 6.80. The lowest BCUT2D eigenvalue weighted by molar-refractivity contribution is 0.0974. The van der Waals surface area contributed by atoms with Gasteiger partial charge in [-0.25, -0.2) is 4.98 Å². The number of rotatable bonds is 3. The van der Waals surface area contributed by atoms with Crippen molar-refractivity contribution in [3.63, 3.8) is 0 Å². The number of nitrogens with zero attached hydrogens (tertiary/aromatic N) is 1. The number of hydrogen-bond acceptors (Lipinski definition) is 4. The molecular weight excluding hydrogens is 425 g/mol. The number of benzene rings is 1. The maximum absolute atomic E-state index is 12.4. The van der Waals surface area contributed by atoms with Crippen LogP contribution in [0.25, 0.3) is 0 Å². The monoisotopic (exact) mass is 441 g/mol. The Hall–Kier alpha value is -1.74. The molecule has 0 bridgehead atoms. The van der Waals surface area contributed by atoms with E-state index in [0.717, 1.165) is 14.7 Å². The van der Waals surface area contributed by atoms with Gasteiger partial charge in [-0.05, 0) is 71.9 Å². The van der Waals surface area contributed by atoms with E-state index in [0.29, 0.717) is 17.1 Å². The van der Waals surface area contributed by atoms with E-state index in [9.17, 15) is 4.79 Å². The van der Waals surface area contributed by atoms with Crippen molar-refractivity contribution in [3.05, 3.63) is 50.7 Å². The van der Waals surface area contributed by atoms with E-state index in [1.54, 1.807) is 18.3 Å². The van der Waals surface area contributed by atoms with Crippen molar-refractivity contribution in [1.29, 1.82) is 0 Å². The molecule has 23 heavy (non-hydrogen) atoms. The highest BCUT2D eigenvalue weighted by molar-refractivity contribution is 14.1. The average Bonchev–Trinajstić information content (AvgIpc) is 2.49. The van der Waals surface area contributed by atoms with Crippen LogP contribution in [0.4, 0.5) is 5.82 Å². The Bertz CT molecular complexity index is 765. The minimum atomic E-state index is -0.328. The highest BCUT2D eigenvalue weighted by Crippen LogP contribution is 2.22. The normalized spacial score (nSPS) is 10.1. The van der Waals surface area contributed by atoms with Gasteiger partial charge in [-0.3, -0.25) is 10.1 Å². The molecule has 0 radical (unpaired) electrons. The van der Waals surface area contributed by atoms with Gasteiger partial charge in [0, 0.05) is 9.77 Å². The Kier molecular flexibility index (Phi) is 5.89. The molecular formula is C16H16IN3O2S. The average molecular weight is 441 g/mol. The second-order valence-corrected chi connectivity index (χ2v) is 6.54. The summed E-state index contributed by atoms with van der Waals surface area (Å²) in [7, 11) is 1.54. The van der Waals surface area contributed by atoms with Crippen LogP contribution in [-0.2, 0) is 0 Å². The Labute approximate surface area is 154 Å². The summed E-state index contributed by atoms with van der Waals surface area (Å²) in [4.78, 5) is 16.6. The first-order valence-corrected chi connectivity index (χ1v) is 8.29. The molecule has 1 aromatic carbocycles. The van der Waals surface area contributed by atoms with Gasteiger partial charge in [-0.2, -0.15) is 0 Å². The van der Waals surface area contributed by atoms with Crippen LogP contribution in [0.5, 0.6) is 5.75 Å². The molecule has 120 valence electrons. The van der Waals surface area contributed by atoms with Crippen molar-refractivity contribution in [2.24, 2.45) is 0 Å². The number of nitrogens with one attached hydrogen (secondary N) is 2. The van der Waals surface area contributed by atoms with Crippen molar-refractivity contribution in [3.8, 4) is 5.75 Å². The molecule has 0 aliphatic carbocycles. The summed E-state index contributed by atoms with van der Waals surface area (Å²) in [5.41, 5.74) is 2.26. The lowest BCUT2D eigenvalue weighted by Crippen LogP contribution is -2.34. The summed E-state index contributed by atoms with van der Waals surface area (Å²) in [5, 5.41) is 5.77. The Morgan fingerprint density at radius 1 is 1.30 bits per heavy atom. The molecule has 0 aliphatic rings. The van der Waals surface area contributed by atoms with Crippen LogP contribution in [0, 0.1) is 17.4 Å². The fourth-order valence-electron chi connectivity index (χ4n) is 2.08. The van der Waals surface area contributed by atoms with Gasteiger partial charge in [0.25, 0.3) is 5.91 Å². The summed E-state index contributed by atoms with van der Waals surface area (Å²) in [6, 6.07) is 7.35. The fraction of sp³-hybridized carbons (Fsp3) is 0.188. The number of carbonyl (C=O) groups excluding carboxylic acids is 1. The Morgan fingerprint density at radius 2 is 2.04 bits per heavy atom. The number of pyridine rings is 1. The van der Waals surface area contributed by atoms with Gasteiger partial charge in [0.15, 0.2) is 5.11 Å². The van der Waals surface area contributed by atoms with E-state index in [2.05, 4.69) is 38.2 Å². The van der Waals surface area contributed by atoms with Gasteiger partial charge in [0.2, 0.25) is 0 Å². The highest BCUT2D eigenvalue weighted by atomic mass is 127. The second kappa shape index (κ2) is 7.69. The van der Waals surface area contributed by atoms with E-state index in [1.165, 1.54) is 7.11 Å². The van der Waals surface area contributed by atoms with Gasteiger partial charge in [0.05, 0.1) is 12.7 Å². The van der Waals surface area contributed by atoms with Crippen molar-refractivity contribution in [2.45, 2.75) is 13.8 Å². The first kappa shape index (κ1) is 17.6. The largest absolute Gasteiger partial charge is 0.496 e. The van der Waals surface area contributed by atoms with Gasteiger partial charge in [-0.15, -0.1) is 0 Å². The molecule has 0 saturated heterocycles. The van der Waals surface area contributed by atoms with Gasteiger partial charge in [0.1, 0.15) is 11.6 Å². The number of aryl methyl sites for hydroxylation is 2. The van der Waals surface area contributed by atoms with Crippen molar-refractivity contribution in [2.75, 3.05) is 12.4 Å². The van der Waals surface area contributed by atoms with Crippen molar-refractivity contribution < 1.29 is 9.53 Å². The number of halogens is 1. The minimum Gasteiger partial charge on any atom is -0.496 e. The number of aromatic nitrogens is 1.